The van der Waals surface area contributed by atoms with Gasteiger partial charge in [-0.1, -0.05) is 0 Å². The van der Waals surface area contributed by atoms with Crippen LogP contribution in [0.2, 0.25) is 0 Å². The van der Waals surface area contributed by atoms with E-state index in [-0.39, 0.29) is 24.2 Å². The number of amides is 1. The van der Waals surface area contributed by atoms with Crippen molar-refractivity contribution in [2.45, 2.75) is 0 Å². The number of benzene rings is 1. The Bertz CT molecular complexity index is 539. The van der Waals surface area contributed by atoms with Gasteiger partial charge in [-0.2, -0.15) is 0 Å². The maximum atomic E-state index is 11.8. The molecular weight excluding hydrogens is 285 g/mol. The molecule has 8 nitrogen and oxygen atoms in total. The molecule has 1 rings (SSSR count). The van der Waals surface area contributed by atoms with Crippen LogP contribution in [0.15, 0.2) is 24.3 Å². The summed E-state index contributed by atoms with van der Waals surface area (Å²) in [5.41, 5.74) is -0.0156. The summed E-state index contributed by atoms with van der Waals surface area (Å²) in [6.07, 6.45) is 0.192. The molecule has 0 atom stereocenters. The molecule has 0 spiro atoms. The molecule has 0 aliphatic carbocycles. The lowest BCUT2D eigenvalue weighted by molar-refractivity contribution is -0.384. The largest absolute Gasteiger partial charge is 0.323 e. The number of carbonyl (C=O) groups excluding carboxylic acids is 1. The number of nitro benzene ring substituents is 1. The first kappa shape index (κ1) is 16.3. The fourth-order valence-corrected chi connectivity index (χ4v) is 2.01. The molecule has 0 aliphatic heterocycles. The summed E-state index contributed by atoms with van der Waals surface area (Å²) in [6, 6.07) is 4.88. The quantitative estimate of drug-likeness (QED) is 0.271. The molecule has 0 unspecified atom stereocenters. The van der Waals surface area contributed by atoms with Crippen molar-refractivity contribution in [3.63, 3.8) is 0 Å². The van der Waals surface area contributed by atoms with Gasteiger partial charge >= 0.3 is 0 Å². The van der Waals surface area contributed by atoms with Gasteiger partial charge in [-0.3, -0.25) is 25.4 Å². The molecule has 0 heterocycles. The van der Waals surface area contributed by atoms with E-state index in [1.54, 1.807) is 13.3 Å². The zero-order chi connectivity index (χ0) is 15.3. The van der Waals surface area contributed by atoms with Crippen molar-refractivity contribution in [3.8, 4) is 0 Å². The number of carbonyl (C=O) groups is 1. The molecule has 0 aromatic heterocycles. The summed E-state index contributed by atoms with van der Waals surface area (Å²) < 4.78 is 11.4. The monoisotopic (exact) mass is 301 g/mol. The zero-order valence-electron chi connectivity index (χ0n) is 11.1. The fraction of sp³-hybridized carbons (Fsp3) is 0.364. The predicted octanol–water partition coefficient (Wildman–Crippen LogP) is 1.55. The Hall–Kier alpha value is -1.76. The van der Waals surface area contributed by atoms with E-state index in [0.717, 1.165) is 0 Å². The van der Waals surface area contributed by atoms with Crippen molar-refractivity contribution < 1.29 is 19.5 Å². The Balaban J connectivity index is 2.60. The Morgan fingerprint density at radius 3 is 2.40 bits per heavy atom. The molecule has 0 saturated heterocycles. The smallest absolute Gasteiger partial charge is 0.278 e. The van der Waals surface area contributed by atoms with Gasteiger partial charge in [0.2, 0.25) is 0 Å². The van der Waals surface area contributed by atoms with Gasteiger partial charge < -0.3 is 4.57 Å². The molecule has 0 fully saturated rings. The number of non-ortho nitro benzene ring substituents is 1. The molecule has 1 aromatic rings. The van der Waals surface area contributed by atoms with Crippen molar-refractivity contribution in [1.82, 2.24) is 10.4 Å². The number of nitrogens with one attached hydrogen (secondary N) is 1. The van der Waals surface area contributed by atoms with Crippen LogP contribution in [-0.4, -0.2) is 47.4 Å². The molecule has 1 aromatic carbocycles. The van der Waals surface area contributed by atoms with Crippen LogP contribution in [-0.2, 0) is 4.57 Å². The normalized spacial score (nSPS) is 11.2. The van der Waals surface area contributed by atoms with Gasteiger partial charge in [0.15, 0.2) is 0 Å². The molecule has 20 heavy (non-hydrogen) atoms. The Kier molecular flexibility index (Phi) is 5.38. The van der Waals surface area contributed by atoms with Gasteiger partial charge in [0.05, 0.1) is 25.0 Å². The summed E-state index contributed by atoms with van der Waals surface area (Å²) in [6.45, 7) is 2.99. The molecule has 0 aliphatic rings. The molecule has 9 heteroatoms. The van der Waals surface area contributed by atoms with E-state index >= 15 is 0 Å². The second kappa shape index (κ2) is 6.60. The molecule has 0 radical (unpaired) electrons. The Labute approximate surface area is 115 Å². The summed E-state index contributed by atoms with van der Waals surface area (Å²) in [7, 11) is -2.28. The summed E-state index contributed by atoms with van der Waals surface area (Å²) >= 11 is 0. The molecule has 1 amide bonds. The van der Waals surface area contributed by atoms with Crippen LogP contribution in [0.5, 0.6) is 0 Å². The number of hydrogen-bond donors (Lipinski definition) is 2. The molecular formula is C11H16N3O5P. The lowest BCUT2D eigenvalue weighted by Gasteiger charge is -2.16. The van der Waals surface area contributed by atoms with Crippen molar-refractivity contribution >= 4 is 18.7 Å². The number of nitro groups is 1. The van der Waals surface area contributed by atoms with E-state index in [4.69, 9.17) is 0 Å². The maximum Gasteiger partial charge on any atom is 0.278 e. The van der Waals surface area contributed by atoms with Gasteiger partial charge in [-0.05, 0) is 25.5 Å². The van der Waals surface area contributed by atoms with Gasteiger partial charge in [0.25, 0.3) is 11.6 Å². The minimum atomic E-state index is -2.28. The third-order valence-corrected chi connectivity index (χ3v) is 3.30. The predicted molar refractivity (Wildman–Crippen MR) is 73.4 cm³/mol. The van der Waals surface area contributed by atoms with Crippen molar-refractivity contribution in [2.75, 3.05) is 26.3 Å². The minimum absolute atomic E-state index is 0.121. The van der Waals surface area contributed by atoms with Crippen LogP contribution in [0.1, 0.15) is 10.4 Å². The zero-order valence-corrected chi connectivity index (χ0v) is 12.0. The highest BCUT2D eigenvalue weighted by Crippen LogP contribution is 2.33. The van der Waals surface area contributed by atoms with Gasteiger partial charge in [0.1, 0.15) is 0 Å². The second-order valence-electron chi connectivity index (χ2n) is 4.65. The SMILES string of the molecule is CP(C)(=O)CNCN(O)C(=O)c1ccc([N+](=O)[O-])cc1. The summed E-state index contributed by atoms with van der Waals surface area (Å²) in [4.78, 5) is 21.7. The molecule has 0 saturated carbocycles. The molecule has 110 valence electrons. The van der Waals surface area contributed by atoms with E-state index < -0.39 is 18.0 Å². The number of nitrogens with zero attached hydrogens (tertiary/aromatic N) is 2. The summed E-state index contributed by atoms with van der Waals surface area (Å²) in [5.74, 6) is -0.700. The topological polar surface area (TPSA) is 113 Å². The highest BCUT2D eigenvalue weighted by atomic mass is 31.2. The average molecular weight is 301 g/mol. The lowest BCUT2D eigenvalue weighted by atomic mass is 10.2. The van der Waals surface area contributed by atoms with Crippen LogP contribution >= 0.6 is 7.14 Å². The number of hydroxylamine groups is 2. The Morgan fingerprint density at radius 2 is 1.95 bits per heavy atom. The minimum Gasteiger partial charge on any atom is -0.323 e. The van der Waals surface area contributed by atoms with E-state index in [9.17, 15) is 24.7 Å². The maximum absolute atomic E-state index is 11.8. The first-order valence-corrected chi connectivity index (χ1v) is 8.49. The van der Waals surface area contributed by atoms with E-state index in [1.165, 1.54) is 24.3 Å². The van der Waals surface area contributed by atoms with Crippen LogP contribution in [0.3, 0.4) is 0 Å². The Morgan fingerprint density at radius 1 is 1.40 bits per heavy atom. The van der Waals surface area contributed by atoms with Crippen molar-refractivity contribution in [1.29, 1.82) is 0 Å². The second-order valence-corrected chi connectivity index (χ2v) is 8.11. The molecule has 0 bridgehead atoms. The molecule has 2 N–H and O–H groups in total. The van der Waals surface area contributed by atoms with Crippen molar-refractivity contribution in [2.24, 2.45) is 0 Å². The van der Waals surface area contributed by atoms with E-state index in [0.29, 0.717) is 5.06 Å². The standard InChI is InChI=1S/C11H16N3O5P/c1-20(2,19)8-12-7-13(16)11(15)9-3-5-10(6-4-9)14(17)18/h3-6,12,16H,7-8H2,1-2H3. The third-order valence-electron chi connectivity index (χ3n) is 2.31. The van der Waals surface area contributed by atoms with Crippen LogP contribution < -0.4 is 5.32 Å². The first-order valence-electron chi connectivity index (χ1n) is 5.70. The highest BCUT2D eigenvalue weighted by molar-refractivity contribution is 7.62. The van der Waals surface area contributed by atoms with Gasteiger partial charge in [-0.25, -0.2) is 5.06 Å². The number of rotatable bonds is 6. The van der Waals surface area contributed by atoms with Gasteiger partial charge in [0, 0.05) is 17.7 Å². The fourth-order valence-electron chi connectivity index (χ4n) is 1.37. The van der Waals surface area contributed by atoms with E-state index in [2.05, 4.69) is 5.32 Å². The first-order chi connectivity index (χ1) is 9.20. The average Bonchev–Trinajstić information content (AvgIpc) is 2.36. The van der Waals surface area contributed by atoms with E-state index in [1.807, 2.05) is 0 Å². The summed E-state index contributed by atoms with van der Waals surface area (Å²) in [5, 5.41) is 23.1. The third kappa shape index (κ3) is 5.08. The lowest BCUT2D eigenvalue weighted by Crippen LogP contribution is -2.36. The highest BCUT2D eigenvalue weighted by Gasteiger charge is 2.15. The van der Waals surface area contributed by atoms with Crippen LogP contribution in [0.4, 0.5) is 5.69 Å². The van der Waals surface area contributed by atoms with Gasteiger partial charge in [-0.15, -0.1) is 0 Å². The van der Waals surface area contributed by atoms with Crippen LogP contribution in [0, 0.1) is 10.1 Å². The van der Waals surface area contributed by atoms with Crippen molar-refractivity contribution in [3.05, 3.63) is 39.9 Å². The number of hydrogen-bond acceptors (Lipinski definition) is 6. The van der Waals surface area contributed by atoms with Crippen LogP contribution in [0.25, 0.3) is 0 Å².